The third-order valence-corrected chi connectivity index (χ3v) is 3.66. The van der Waals surface area contributed by atoms with Crippen LogP contribution in [-0.2, 0) is 9.47 Å². The monoisotopic (exact) mass is 342 g/mol. The fourth-order valence-corrected chi connectivity index (χ4v) is 2.13. The van der Waals surface area contributed by atoms with Crippen LogP contribution < -0.4 is 10.6 Å². The molecule has 0 saturated carbocycles. The standard InChI is InChI=1S/C19H22N2O4/c1-13-7-8-15(11-14(13)2)18(22)20-16-5-4-6-17(12-16)21-19(23)25-10-9-24-3/h4-8,11-12H,9-10H2,1-3H3,(H,20,22)(H,21,23). The Morgan fingerprint density at radius 2 is 1.64 bits per heavy atom. The lowest BCUT2D eigenvalue weighted by molar-refractivity contribution is 0.102. The molecule has 2 rings (SSSR count). The van der Waals surface area contributed by atoms with Crippen LogP contribution in [0.4, 0.5) is 16.2 Å². The van der Waals surface area contributed by atoms with Crippen LogP contribution in [-0.4, -0.2) is 32.3 Å². The number of ether oxygens (including phenoxy) is 2. The molecule has 25 heavy (non-hydrogen) atoms. The average molecular weight is 342 g/mol. The van der Waals surface area contributed by atoms with Crippen LogP contribution in [0, 0.1) is 13.8 Å². The van der Waals surface area contributed by atoms with Gasteiger partial charge in [-0.15, -0.1) is 0 Å². The van der Waals surface area contributed by atoms with Crippen LogP contribution >= 0.6 is 0 Å². The van der Waals surface area contributed by atoms with Crippen molar-refractivity contribution in [3.63, 3.8) is 0 Å². The first-order valence-electron chi connectivity index (χ1n) is 7.91. The highest BCUT2D eigenvalue weighted by molar-refractivity contribution is 6.04. The van der Waals surface area contributed by atoms with Gasteiger partial charge in [-0.25, -0.2) is 4.79 Å². The lowest BCUT2D eigenvalue weighted by Crippen LogP contribution is -2.17. The highest BCUT2D eigenvalue weighted by atomic mass is 16.6. The second-order valence-electron chi connectivity index (χ2n) is 5.59. The Bertz CT molecular complexity index is 759. The van der Waals surface area contributed by atoms with Crippen molar-refractivity contribution in [1.29, 1.82) is 0 Å². The van der Waals surface area contributed by atoms with Crippen LogP contribution in [0.5, 0.6) is 0 Å². The minimum Gasteiger partial charge on any atom is -0.447 e. The minimum absolute atomic E-state index is 0.172. The molecular weight excluding hydrogens is 320 g/mol. The number of hydrogen-bond donors (Lipinski definition) is 2. The number of amides is 2. The smallest absolute Gasteiger partial charge is 0.411 e. The molecule has 6 heteroatoms. The van der Waals surface area contributed by atoms with E-state index in [1.54, 1.807) is 30.3 Å². The third-order valence-electron chi connectivity index (χ3n) is 3.66. The molecule has 0 fully saturated rings. The summed E-state index contributed by atoms with van der Waals surface area (Å²) in [5.41, 5.74) is 3.88. The first kappa shape index (κ1) is 18.5. The van der Waals surface area contributed by atoms with E-state index in [2.05, 4.69) is 10.6 Å². The van der Waals surface area contributed by atoms with E-state index in [1.165, 1.54) is 7.11 Å². The number of nitrogens with one attached hydrogen (secondary N) is 2. The average Bonchev–Trinajstić information content (AvgIpc) is 2.58. The Labute approximate surface area is 147 Å². The lowest BCUT2D eigenvalue weighted by Gasteiger charge is -2.10. The Morgan fingerprint density at radius 1 is 0.920 bits per heavy atom. The highest BCUT2D eigenvalue weighted by Gasteiger charge is 2.09. The first-order valence-corrected chi connectivity index (χ1v) is 7.91. The summed E-state index contributed by atoms with van der Waals surface area (Å²) in [7, 11) is 1.53. The molecule has 2 N–H and O–H groups in total. The van der Waals surface area contributed by atoms with E-state index in [9.17, 15) is 9.59 Å². The molecule has 2 aromatic carbocycles. The van der Waals surface area contributed by atoms with Gasteiger partial charge in [0.1, 0.15) is 6.61 Å². The van der Waals surface area contributed by atoms with Crippen LogP contribution in [0.1, 0.15) is 21.5 Å². The Morgan fingerprint density at radius 3 is 2.32 bits per heavy atom. The predicted molar refractivity (Wildman–Crippen MR) is 97.2 cm³/mol. The van der Waals surface area contributed by atoms with Crippen molar-refractivity contribution in [1.82, 2.24) is 0 Å². The van der Waals surface area contributed by atoms with Gasteiger partial charge in [-0.1, -0.05) is 12.1 Å². The van der Waals surface area contributed by atoms with Crippen LogP contribution in [0.3, 0.4) is 0 Å². The second-order valence-corrected chi connectivity index (χ2v) is 5.59. The number of carbonyl (C=O) groups is 2. The molecule has 0 aliphatic heterocycles. The molecule has 2 aromatic rings. The molecule has 132 valence electrons. The van der Waals surface area contributed by atoms with Crippen LogP contribution in [0.15, 0.2) is 42.5 Å². The van der Waals surface area contributed by atoms with E-state index in [0.29, 0.717) is 23.5 Å². The molecule has 0 spiro atoms. The van der Waals surface area contributed by atoms with Crippen molar-refractivity contribution in [2.24, 2.45) is 0 Å². The fraction of sp³-hybridized carbons (Fsp3) is 0.263. The summed E-state index contributed by atoms with van der Waals surface area (Å²) in [6.07, 6.45) is -0.574. The molecule has 0 saturated heterocycles. The van der Waals surface area contributed by atoms with Gasteiger partial charge in [0.25, 0.3) is 5.91 Å². The van der Waals surface area contributed by atoms with E-state index in [4.69, 9.17) is 9.47 Å². The van der Waals surface area contributed by atoms with E-state index in [0.717, 1.165) is 11.1 Å². The van der Waals surface area contributed by atoms with Gasteiger partial charge in [-0.3, -0.25) is 10.1 Å². The molecule has 6 nitrogen and oxygen atoms in total. The Kier molecular flexibility index (Phi) is 6.54. The SMILES string of the molecule is COCCOC(=O)Nc1cccc(NC(=O)c2ccc(C)c(C)c2)c1. The molecule has 0 aliphatic carbocycles. The topological polar surface area (TPSA) is 76.7 Å². The van der Waals surface area contributed by atoms with Gasteiger partial charge in [0.2, 0.25) is 0 Å². The maximum Gasteiger partial charge on any atom is 0.411 e. The lowest BCUT2D eigenvalue weighted by atomic mass is 10.1. The summed E-state index contributed by atoms with van der Waals surface area (Å²) in [5.74, 6) is -0.206. The quantitative estimate of drug-likeness (QED) is 0.784. The zero-order chi connectivity index (χ0) is 18.2. The number of methoxy groups -OCH3 is 1. The molecular formula is C19H22N2O4. The third kappa shape index (κ3) is 5.61. The molecule has 0 heterocycles. The fourth-order valence-electron chi connectivity index (χ4n) is 2.13. The first-order chi connectivity index (χ1) is 12.0. The zero-order valence-corrected chi connectivity index (χ0v) is 14.6. The van der Waals surface area contributed by atoms with Crippen molar-refractivity contribution >= 4 is 23.4 Å². The van der Waals surface area contributed by atoms with Gasteiger partial charge in [-0.2, -0.15) is 0 Å². The van der Waals surface area contributed by atoms with Crippen molar-refractivity contribution in [2.75, 3.05) is 31.0 Å². The van der Waals surface area contributed by atoms with Gasteiger partial charge in [-0.05, 0) is 55.3 Å². The van der Waals surface area contributed by atoms with Gasteiger partial charge >= 0.3 is 6.09 Å². The van der Waals surface area contributed by atoms with Crippen molar-refractivity contribution in [3.05, 3.63) is 59.2 Å². The normalized spacial score (nSPS) is 10.2. The van der Waals surface area contributed by atoms with E-state index in [-0.39, 0.29) is 12.5 Å². The van der Waals surface area contributed by atoms with Gasteiger partial charge < -0.3 is 14.8 Å². The Hall–Kier alpha value is -2.86. The molecule has 2 amide bonds. The molecule has 0 radical (unpaired) electrons. The van der Waals surface area contributed by atoms with Gasteiger partial charge in [0, 0.05) is 24.0 Å². The summed E-state index contributed by atoms with van der Waals surface area (Å²) < 4.78 is 9.75. The molecule has 0 aliphatic rings. The number of carbonyl (C=O) groups excluding carboxylic acids is 2. The zero-order valence-electron chi connectivity index (χ0n) is 14.6. The molecule has 0 unspecified atom stereocenters. The van der Waals surface area contributed by atoms with E-state index < -0.39 is 6.09 Å². The predicted octanol–water partition coefficient (Wildman–Crippen LogP) is 3.75. The summed E-state index contributed by atoms with van der Waals surface area (Å²) >= 11 is 0. The molecule has 0 aromatic heterocycles. The van der Waals surface area contributed by atoms with Gasteiger partial charge in [0.05, 0.1) is 6.61 Å². The largest absolute Gasteiger partial charge is 0.447 e. The summed E-state index contributed by atoms with van der Waals surface area (Å²) in [6, 6.07) is 12.4. The Balaban J connectivity index is 1.99. The van der Waals surface area contributed by atoms with Crippen molar-refractivity contribution in [3.8, 4) is 0 Å². The van der Waals surface area contributed by atoms with E-state index >= 15 is 0 Å². The maximum absolute atomic E-state index is 12.3. The number of hydrogen-bond acceptors (Lipinski definition) is 4. The van der Waals surface area contributed by atoms with Crippen LogP contribution in [0.2, 0.25) is 0 Å². The molecule has 0 bridgehead atoms. The number of aryl methyl sites for hydroxylation is 2. The van der Waals surface area contributed by atoms with Crippen molar-refractivity contribution in [2.45, 2.75) is 13.8 Å². The van der Waals surface area contributed by atoms with Crippen molar-refractivity contribution < 1.29 is 19.1 Å². The van der Waals surface area contributed by atoms with Crippen LogP contribution in [0.25, 0.3) is 0 Å². The van der Waals surface area contributed by atoms with E-state index in [1.807, 2.05) is 26.0 Å². The number of benzene rings is 2. The minimum atomic E-state index is -0.574. The maximum atomic E-state index is 12.3. The molecule has 0 atom stereocenters. The summed E-state index contributed by atoms with van der Waals surface area (Å²) in [4.78, 5) is 24.0. The summed E-state index contributed by atoms with van der Waals surface area (Å²) in [5, 5.41) is 5.42. The van der Waals surface area contributed by atoms with Gasteiger partial charge in [0.15, 0.2) is 0 Å². The summed E-state index contributed by atoms with van der Waals surface area (Å²) in [6.45, 7) is 4.47. The number of anilines is 2. The highest BCUT2D eigenvalue weighted by Crippen LogP contribution is 2.17. The number of rotatable bonds is 6. The second kappa shape index (κ2) is 8.84.